The average molecular weight is 194 g/mol. The Kier molecular flexibility index (Phi) is 4.30. The number of carbonyl (C=O) groups excluding carboxylic acids is 2. The molecule has 0 saturated heterocycles. The van der Waals surface area contributed by atoms with Gasteiger partial charge in [-0.3, -0.25) is 9.59 Å². The summed E-state index contributed by atoms with van der Waals surface area (Å²) in [6, 6.07) is 0. The third-order valence-electron chi connectivity index (χ3n) is 0.799. The highest BCUT2D eigenvalue weighted by Crippen LogP contribution is 1.92. The summed E-state index contributed by atoms with van der Waals surface area (Å²) in [7, 11) is 0. The minimum Gasteiger partial charge on any atom is -0.370 e. The molecule has 0 bridgehead atoms. The van der Waals surface area contributed by atoms with Gasteiger partial charge in [0.05, 0.1) is 5.33 Å². The second kappa shape index (κ2) is 4.49. The van der Waals surface area contributed by atoms with Crippen LogP contribution in [-0.2, 0) is 9.59 Å². The highest BCUT2D eigenvalue weighted by molar-refractivity contribution is 9.09. The fraction of sp³-hybridized carbons (Fsp3) is 0.600. The third-order valence-corrected chi connectivity index (χ3v) is 1.42. The van der Waals surface area contributed by atoms with Crippen molar-refractivity contribution in [3.8, 4) is 0 Å². The number of hydrogen-bond acceptors (Lipinski definition) is 2. The van der Waals surface area contributed by atoms with E-state index in [2.05, 4.69) is 15.9 Å². The Morgan fingerprint density at radius 2 is 1.89 bits per heavy atom. The van der Waals surface area contributed by atoms with E-state index in [0.29, 0.717) is 5.33 Å². The van der Waals surface area contributed by atoms with E-state index in [1.54, 1.807) is 0 Å². The van der Waals surface area contributed by atoms with Gasteiger partial charge in [-0.25, -0.2) is 0 Å². The molecule has 0 aromatic carbocycles. The number of carbonyl (C=O) groups is 2. The van der Waals surface area contributed by atoms with E-state index in [-0.39, 0.29) is 18.6 Å². The fourth-order valence-electron chi connectivity index (χ4n) is 0.329. The Bertz CT molecular complexity index is 124. The SMILES string of the molecule is NC(=O)CCC(=O)CBr. The minimum absolute atomic E-state index is 0.00815. The molecule has 0 radical (unpaired) electrons. The van der Waals surface area contributed by atoms with E-state index in [4.69, 9.17) is 5.73 Å². The van der Waals surface area contributed by atoms with Gasteiger partial charge >= 0.3 is 0 Å². The number of hydrogen-bond donors (Lipinski definition) is 1. The quantitative estimate of drug-likeness (QED) is 0.650. The Balaban J connectivity index is 3.28. The van der Waals surface area contributed by atoms with E-state index in [1.165, 1.54) is 0 Å². The highest BCUT2D eigenvalue weighted by atomic mass is 79.9. The molecule has 0 spiro atoms. The Hall–Kier alpha value is -0.380. The smallest absolute Gasteiger partial charge is 0.217 e. The lowest BCUT2D eigenvalue weighted by Gasteiger charge is -1.90. The number of halogens is 1. The van der Waals surface area contributed by atoms with Gasteiger partial charge in [0.2, 0.25) is 5.91 Å². The van der Waals surface area contributed by atoms with Gasteiger partial charge in [-0.1, -0.05) is 15.9 Å². The van der Waals surface area contributed by atoms with Gasteiger partial charge < -0.3 is 5.73 Å². The van der Waals surface area contributed by atoms with Crippen molar-refractivity contribution in [3.63, 3.8) is 0 Å². The average Bonchev–Trinajstić information content (AvgIpc) is 1.83. The molecule has 0 aliphatic rings. The van der Waals surface area contributed by atoms with Gasteiger partial charge in [-0.05, 0) is 0 Å². The van der Waals surface area contributed by atoms with Crippen molar-refractivity contribution in [1.82, 2.24) is 0 Å². The van der Waals surface area contributed by atoms with Gasteiger partial charge in [-0.15, -0.1) is 0 Å². The molecule has 1 amide bonds. The van der Waals surface area contributed by atoms with Gasteiger partial charge in [-0.2, -0.15) is 0 Å². The van der Waals surface area contributed by atoms with Crippen LogP contribution < -0.4 is 5.73 Å². The van der Waals surface area contributed by atoms with Crippen LogP contribution in [0, 0.1) is 0 Å². The lowest BCUT2D eigenvalue weighted by Crippen LogP contribution is -2.12. The van der Waals surface area contributed by atoms with Gasteiger partial charge in [0.1, 0.15) is 5.78 Å². The maximum absolute atomic E-state index is 10.5. The molecule has 2 N–H and O–H groups in total. The standard InChI is InChI=1S/C5H8BrNO2/c6-3-4(8)1-2-5(7)9/h1-3H2,(H2,7,9). The molecule has 0 aromatic rings. The summed E-state index contributed by atoms with van der Waals surface area (Å²) in [4.78, 5) is 20.5. The molecular weight excluding hydrogens is 186 g/mol. The van der Waals surface area contributed by atoms with Crippen LogP contribution in [0.25, 0.3) is 0 Å². The first-order valence-corrected chi connectivity index (χ1v) is 3.65. The normalized spacial score (nSPS) is 9.00. The predicted molar refractivity (Wildman–Crippen MR) is 37.2 cm³/mol. The van der Waals surface area contributed by atoms with E-state index >= 15 is 0 Å². The topological polar surface area (TPSA) is 60.2 Å². The van der Waals surface area contributed by atoms with Crippen LogP contribution in [0.2, 0.25) is 0 Å². The van der Waals surface area contributed by atoms with Gasteiger partial charge in [0.25, 0.3) is 0 Å². The molecule has 0 atom stereocenters. The molecule has 0 aromatic heterocycles. The molecule has 0 saturated carbocycles. The van der Waals surface area contributed by atoms with E-state index < -0.39 is 5.91 Å². The first-order chi connectivity index (χ1) is 4.16. The van der Waals surface area contributed by atoms with Crippen LogP contribution in [0.3, 0.4) is 0 Å². The second-order valence-electron chi connectivity index (χ2n) is 1.64. The first kappa shape index (κ1) is 8.62. The fourth-order valence-corrected chi connectivity index (χ4v) is 0.610. The van der Waals surface area contributed by atoms with E-state index in [0.717, 1.165) is 0 Å². The number of Topliss-reactive ketones (excluding diaryl/α,β-unsaturated/α-hetero) is 1. The Labute approximate surface area is 61.7 Å². The van der Waals surface area contributed by atoms with Crippen LogP contribution in [0.4, 0.5) is 0 Å². The van der Waals surface area contributed by atoms with Crippen LogP contribution in [0.1, 0.15) is 12.8 Å². The summed E-state index contributed by atoms with van der Waals surface area (Å²) in [5.74, 6) is -0.418. The summed E-state index contributed by atoms with van der Waals surface area (Å²) < 4.78 is 0. The van der Waals surface area contributed by atoms with E-state index in [1.807, 2.05) is 0 Å². The molecule has 0 rings (SSSR count). The van der Waals surface area contributed by atoms with Crippen molar-refractivity contribution < 1.29 is 9.59 Å². The van der Waals surface area contributed by atoms with Gasteiger partial charge in [0, 0.05) is 12.8 Å². The molecule has 0 fully saturated rings. The number of amides is 1. The van der Waals surface area contributed by atoms with Crippen molar-refractivity contribution in [2.45, 2.75) is 12.8 Å². The monoisotopic (exact) mass is 193 g/mol. The van der Waals surface area contributed by atoms with Crippen LogP contribution in [-0.4, -0.2) is 17.0 Å². The van der Waals surface area contributed by atoms with Crippen molar-refractivity contribution >= 4 is 27.6 Å². The molecule has 4 heteroatoms. The van der Waals surface area contributed by atoms with Crippen molar-refractivity contribution in [3.05, 3.63) is 0 Å². The number of rotatable bonds is 4. The van der Waals surface area contributed by atoms with Crippen molar-refractivity contribution in [2.75, 3.05) is 5.33 Å². The molecular formula is C5H8BrNO2. The maximum Gasteiger partial charge on any atom is 0.217 e. The highest BCUT2D eigenvalue weighted by Gasteiger charge is 2.00. The summed E-state index contributed by atoms with van der Waals surface area (Å²) in [5, 5.41) is 0.306. The van der Waals surface area contributed by atoms with E-state index in [9.17, 15) is 9.59 Å². The summed E-state index contributed by atoms with van der Waals surface area (Å²) in [6.07, 6.45) is 0.408. The van der Waals surface area contributed by atoms with Crippen molar-refractivity contribution in [1.29, 1.82) is 0 Å². The van der Waals surface area contributed by atoms with Crippen molar-refractivity contribution in [2.24, 2.45) is 5.73 Å². The lowest BCUT2D eigenvalue weighted by atomic mass is 10.2. The number of alkyl halides is 1. The summed E-state index contributed by atoms with van der Waals surface area (Å²) in [6.45, 7) is 0. The van der Waals surface area contributed by atoms with Crippen LogP contribution >= 0.6 is 15.9 Å². The van der Waals surface area contributed by atoms with Crippen LogP contribution in [0.15, 0.2) is 0 Å². The summed E-state index contributed by atoms with van der Waals surface area (Å²) in [5.41, 5.74) is 4.79. The second-order valence-corrected chi connectivity index (χ2v) is 2.20. The first-order valence-electron chi connectivity index (χ1n) is 2.52. The zero-order valence-corrected chi connectivity index (χ0v) is 6.48. The third kappa shape index (κ3) is 5.49. The molecule has 0 aliphatic heterocycles. The molecule has 52 valence electrons. The van der Waals surface area contributed by atoms with Gasteiger partial charge in [0.15, 0.2) is 0 Å². The zero-order chi connectivity index (χ0) is 7.28. The lowest BCUT2D eigenvalue weighted by molar-refractivity contribution is -0.122. The molecule has 3 nitrogen and oxygen atoms in total. The maximum atomic E-state index is 10.5. The number of nitrogens with two attached hydrogens (primary N) is 1. The molecule has 0 aliphatic carbocycles. The minimum atomic E-state index is -0.427. The Morgan fingerprint density at radius 3 is 2.22 bits per heavy atom. The molecule has 9 heavy (non-hydrogen) atoms. The largest absolute Gasteiger partial charge is 0.370 e. The summed E-state index contributed by atoms with van der Waals surface area (Å²) >= 11 is 2.96. The van der Waals surface area contributed by atoms with Crippen LogP contribution in [0.5, 0.6) is 0 Å². The number of primary amides is 1. The Morgan fingerprint density at radius 1 is 1.33 bits per heavy atom. The zero-order valence-electron chi connectivity index (χ0n) is 4.89. The molecule has 0 heterocycles. The molecule has 0 unspecified atom stereocenters. The number of ketones is 1. The predicted octanol–water partition coefficient (Wildman–Crippen LogP) is 0.216.